The Hall–Kier alpha value is -3.47. The van der Waals surface area contributed by atoms with Gasteiger partial charge in [0.25, 0.3) is 0 Å². The summed E-state index contributed by atoms with van der Waals surface area (Å²) >= 11 is 5.34. The lowest BCUT2D eigenvalue weighted by molar-refractivity contribution is -0.0498. The number of nitrogens with two attached hydrogens (primary N) is 1. The smallest absolute Gasteiger partial charge is 0.387 e. The predicted molar refractivity (Wildman–Crippen MR) is 105 cm³/mol. The number of Topliss-reactive ketones (excluding diaryl/α,β-unsaturated/α-hetero) is 1. The number of halogens is 2. The van der Waals surface area contributed by atoms with Crippen molar-refractivity contribution in [1.29, 1.82) is 0 Å². The second-order valence-electron chi connectivity index (χ2n) is 5.80. The third-order valence-electron chi connectivity index (χ3n) is 3.89. The first-order chi connectivity index (χ1) is 13.9. The zero-order chi connectivity index (χ0) is 21.0. The van der Waals surface area contributed by atoms with Crippen LogP contribution in [0.25, 0.3) is 0 Å². The Labute approximate surface area is 169 Å². The van der Waals surface area contributed by atoms with Gasteiger partial charge in [0.2, 0.25) is 10.7 Å². The first-order valence-electron chi connectivity index (χ1n) is 8.32. The average molecular weight is 421 g/mol. The number of ketones is 1. The highest BCUT2D eigenvalue weighted by Crippen LogP contribution is 2.18. The summed E-state index contributed by atoms with van der Waals surface area (Å²) in [4.78, 5) is 12.5. The van der Waals surface area contributed by atoms with Gasteiger partial charge in [-0.1, -0.05) is 0 Å². The first-order valence-corrected chi connectivity index (χ1v) is 8.72. The second-order valence-corrected chi connectivity index (χ2v) is 6.17. The molecule has 29 heavy (non-hydrogen) atoms. The van der Waals surface area contributed by atoms with Crippen LogP contribution in [0.15, 0.2) is 48.5 Å². The minimum atomic E-state index is -2.93. The van der Waals surface area contributed by atoms with Crippen molar-refractivity contribution in [3.05, 3.63) is 58.9 Å². The lowest BCUT2D eigenvalue weighted by Crippen LogP contribution is -2.14. The molecule has 0 unspecified atom stereocenters. The molecular formula is C18H17F2N5O3S. The number of nitrogens with one attached hydrogen (secondary N) is 1. The Bertz CT molecular complexity index is 1050. The molecule has 3 aromatic rings. The fourth-order valence-corrected chi connectivity index (χ4v) is 2.72. The SMILES string of the molecule is COc1ccc(Nn2c(N)nn(CC(=O)c3ccc(OC(F)F)cc3)c2=S)cc1. The molecule has 0 atom stereocenters. The molecule has 8 nitrogen and oxygen atoms in total. The molecule has 0 spiro atoms. The van der Waals surface area contributed by atoms with E-state index in [-0.39, 0.29) is 28.8 Å². The standard InChI is InChI=1S/C18H17F2N5O3S/c1-27-13-8-4-12(5-9-13)22-25-17(21)23-24(18(25)29)10-15(26)11-2-6-14(7-3-11)28-16(19)20/h2-9,16,22H,10H2,1H3,(H2,21,23). The zero-order valence-electron chi connectivity index (χ0n) is 15.2. The van der Waals surface area contributed by atoms with Gasteiger partial charge in [-0.15, -0.1) is 5.10 Å². The summed E-state index contributed by atoms with van der Waals surface area (Å²) in [5.74, 6) is 0.404. The van der Waals surface area contributed by atoms with Gasteiger partial charge < -0.3 is 15.2 Å². The predicted octanol–water partition coefficient (Wildman–Crippen LogP) is 3.36. The molecule has 11 heteroatoms. The molecule has 152 valence electrons. The molecule has 0 aliphatic rings. The third-order valence-corrected chi connectivity index (χ3v) is 4.28. The molecule has 0 saturated heterocycles. The topological polar surface area (TPSA) is 96.3 Å². The molecule has 0 radical (unpaired) electrons. The summed E-state index contributed by atoms with van der Waals surface area (Å²) in [5.41, 5.74) is 9.89. The van der Waals surface area contributed by atoms with Crippen molar-refractivity contribution in [2.75, 3.05) is 18.3 Å². The maximum Gasteiger partial charge on any atom is 0.387 e. The number of nitrogen functional groups attached to an aromatic ring is 1. The zero-order valence-corrected chi connectivity index (χ0v) is 16.0. The Kier molecular flexibility index (Phi) is 6.07. The molecule has 3 rings (SSSR count). The van der Waals surface area contributed by atoms with Crippen LogP contribution in [0.4, 0.5) is 20.4 Å². The quantitative estimate of drug-likeness (QED) is 0.425. The number of methoxy groups -OCH3 is 1. The van der Waals surface area contributed by atoms with Crippen LogP contribution in [0.3, 0.4) is 0 Å². The van der Waals surface area contributed by atoms with E-state index >= 15 is 0 Å². The number of benzene rings is 2. The van der Waals surface area contributed by atoms with E-state index in [0.717, 1.165) is 0 Å². The summed E-state index contributed by atoms with van der Waals surface area (Å²) in [6, 6.07) is 12.4. The van der Waals surface area contributed by atoms with Gasteiger partial charge in [0.05, 0.1) is 12.8 Å². The summed E-state index contributed by atoms with van der Waals surface area (Å²) in [6.07, 6.45) is 0. The van der Waals surface area contributed by atoms with E-state index in [1.54, 1.807) is 31.4 Å². The molecule has 0 aliphatic heterocycles. The van der Waals surface area contributed by atoms with E-state index in [1.165, 1.54) is 33.6 Å². The van der Waals surface area contributed by atoms with Crippen molar-refractivity contribution in [3.8, 4) is 11.5 Å². The van der Waals surface area contributed by atoms with Crippen LogP contribution in [0.5, 0.6) is 11.5 Å². The van der Waals surface area contributed by atoms with Crippen LogP contribution in [0, 0.1) is 4.77 Å². The second kappa shape index (κ2) is 8.69. The molecule has 1 heterocycles. The van der Waals surface area contributed by atoms with Crippen molar-refractivity contribution in [1.82, 2.24) is 14.5 Å². The van der Waals surface area contributed by atoms with Gasteiger partial charge in [-0.2, -0.15) is 13.5 Å². The Balaban J connectivity index is 1.73. The molecule has 0 amide bonds. The number of carbonyl (C=O) groups excluding carboxylic acids is 1. The molecule has 3 N–H and O–H groups in total. The van der Waals surface area contributed by atoms with E-state index in [9.17, 15) is 13.6 Å². The number of nitrogens with zero attached hydrogens (tertiary/aromatic N) is 3. The number of carbonyl (C=O) groups is 1. The van der Waals surface area contributed by atoms with Gasteiger partial charge in [0, 0.05) is 5.56 Å². The van der Waals surface area contributed by atoms with E-state index in [0.29, 0.717) is 17.0 Å². The normalized spacial score (nSPS) is 10.8. The van der Waals surface area contributed by atoms with Crippen LogP contribution >= 0.6 is 12.2 Å². The Morgan fingerprint density at radius 3 is 2.38 bits per heavy atom. The molecule has 0 aliphatic carbocycles. The Morgan fingerprint density at radius 2 is 1.79 bits per heavy atom. The maximum absolute atomic E-state index is 12.5. The first kappa shape index (κ1) is 20.3. The van der Waals surface area contributed by atoms with Gasteiger partial charge in [-0.3, -0.25) is 10.2 Å². The Morgan fingerprint density at radius 1 is 1.17 bits per heavy atom. The number of hydrogen-bond donors (Lipinski definition) is 2. The van der Waals surface area contributed by atoms with Gasteiger partial charge in [0.1, 0.15) is 18.0 Å². The highest BCUT2D eigenvalue weighted by Gasteiger charge is 2.14. The van der Waals surface area contributed by atoms with Crippen LogP contribution in [0.2, 0.25) is 0 Å². The van der Waals surface area contributed by atoms with Crippen LogP contribution in [0.1, 0.15) is 10.4 Å². The number of aromatic nitrogens is 3. The molecular weight excluding hydrogens is 404 g/mol. The monoisotopic (exact) mass is 421 g/mol. The average Bonchev–Trinajstić information content (AvgIpc) is 2.96. The minimum absolute atomic E-state index is 0.0367. The molecule has 2 aromatic carbocycles. The molecule has 1 aromatic heterocycles. The van der Waals surface area contributed by atoms with Crippen LogP contribution in [-0.2, 0) is 6.54 Å². The summed E-state index contributed by atoms with van der Waals surface area (Å²) in [6.45, 7) is -3.10. The van der Waals surface area contributed by atoms with Crippen LogP contribution < -0.4 is 20.6 Å². The lowest BCUT2D eigenvalue weighted by Gasteiger charge is -2.08. The maximum atomic E-state index is 12.5. The summed E-state index contributed by atoms with van der Waals surface area (Å²) < 4.78 is 36.6. The van der Waals surface area contributed by atoms with Gasteiger partial charge >= 0.3 is 6.61 Å². The van der Waals surface area contributed by atoms with E-state index < -0.39 is 6.61 Å². The van der Waals surface area contributed by atoms with Gasteiger partial charge in [-0.25, -0.2) is 4.68 Å². The van der Waals surface area contributed by atoms with Crippen molar-refractivity contribution in [2.45, 2.75) is 13.2 Å². The highest BCUT2D eigenvalue weighted by molar-refractivity contribution is 7.71. The highest BCUT2D eigenvalue weighted by atomic mass is 32.1. The van der Waals surface area contributed by atoms with Gasteiger partial charge in [0.15, 0.2) is 5.78 Å². The number of rotatable bonds is 8. The van der Waals surface area contributed by atoms with E-state index in [4.69, 9.17) is 22.7 Å². The molecule has 0 bridgehead atoms. The van der Waals surface area contributed by atoms with Gasteiger partial charge in [-0.05, 0) is 60.7 Å². The van der Waals surface area contributed by atoms with Crippen molar-refractivity contribution in [3.63, 3.8) is 0 Å². The van der Waals surface area contributed by atoms with Crippen LogP contribution in [-0.4, -0.2) is 34.0 Å². The number of anilines is 2. The van der Waals surface area contributed by atoms with Crippen molar-refractivity contribution in [2.24, 2.45) is 0 Å². The number of ether oxygens (including phenoxy) is 2. The summed E-state index contributed by atoms with van der Waals surface area (Å²) in [7, 11) is 1.57. The molecule has 0 saturated carbocycles. The molecule has 0 fully saturated rings. The lowest BCUT2D eigenvalue weighted by atomic mass is 10.1. The number of alkyl halides is 2. The largest absolute Gasteiger partial charge is 0.497 e. The fourth-order valence-electron chi connectivity index (χ4n) is 2.48. The van der Waals surface area contributed by atoms with E-state index in [1.807, 2.05) is 0 Å². The van der Waals surface area contributed by atoms with E-state index in [2.05, 4.69) is 15.3 Å². The third kappa shape index (κ3) is 4.88. The van der Waals surface area contributed by atoms with Crippen molar-refractivity contribution >= 4 is 29.6 Å². The number of hydrogen-bond acceptors (Lipinski definition) is 7. The summed E-state index contributed by atoms with van der Waals surface area (Å²) in [5, 5.41) is 4.08. The fraction of sp³-hybridized carbons (Fsp3) is 0.167. The van der Waals surface area contributed by atoms with Crippen molar-refractivity contribution < 1.29 is 23.0 Å². The minimum Gasteiger partial charge on any atom is -0.497 e.